The number of aliphatic imine (C=N–C) groups is 1. The molecule has 0 radical (unpaired) electrons. The molecule has 1 aromatic rings. The maximum Gasteiger partial charge on any atom is 0.310 e. The van der Waals surface area contributed by atoms with Gasteiger partial charge in [-0.15, -0.1) is 24.0 Å². The summed E-state index contributed by atoms with van der Waals surface area (Å²) in [5.41, 5.74) is 1.32. The minimum atomic E-state index is -0.120. The number of benzene rings is 1. The Kier molecular flexibility index (Phi) is 10.2. The molecule has 30 heavy (non-hydrogen) atoms. The van der Waals surface area contributed by atoms with E-state index in [0.717, 1.165) is 58.2 Å². The predicted octanol–water partition coefficient (Wildman–Crippen LogP) is 2.13. The van der Waals surface area contributed by atoms with Gasteiger partial charge >= 0.3 is 5.97 Å². The van der Waals surface area contributed by atoms with Crippen LogP contribution in [0.15, 0.2) is 35.3 Å². The van der Waals surface area contributed by atoms with Gasteiger partial charge in [0.1, 0.15) is 0 Å². The Morgan fingerprint density at radius 1 is 1.17 bits per heavy atom. The van der Waals surface area contributed by atoms with Crippen molar-refractivity contribution in [3.63, 3.8) is 0 Å². The Morgan fingerprint density at radius 2 is 1.87 bits per heavy atom. The van der Waals surface area contributed by atoms with E-state index < -0.39 is 0 Å². The molecule has 8 heteroatoms. The smallest absolute Gasteiger partial charge is 0.310 e. The van der Waals surface area contributed by atoms with Crippen molar-refractivity contribution >= 4 is 41.6 Å². The molecule has 1 aromatic carbocycles. The number of carbonyl (C=O) groups excluding carboxylic acids is 1. The summed E-state index contributed by atoms with van der Waals surface area (Å²) >= 11 is 0. The third kappa shape index (κ3) is 6.47. The minimum absolute atomic E-state index is 0. The number of esters is 1. The van der Waals surface area contributed by atoms with Crippen LogP contribution >= 0.6 is 24.0 Å². The molecule has 0 amide bonds. The van der Waals surface area contributed by atoms with Gasteiger partial charge in [-0.2, -0.15) is 0 Å². The van der Waals surface area contributed by atoms with E-state index in [4.69, 9.17) is 4.74 Å². The molecule has 0 aliphatic carbocycles. The molecular weight excluding hydrogens is 493 g/mol. The summed E-state index contributed by atoms with van der Waals surface area (Å²) in [6.07, 6.45) is 1.08. The molecule has 0 spiro atoms. The van der Waals surface area contributed by atoms with Gasteiger partial charge in [0, 0.05) is 58.5 Å². The van der Waals surface area contributed by atoms with E-state index in [2.05, 4.69) is 62.3 Å². The second-order valence-electron chi connectivity index (χ2n) is 8.00. The van der Waals surface area contributed by atoms with E-state index >= 15 is 0 Å². The number of nitrogens with zero attached hydrogens (tertiary/aromatic N) is 4. The van der Waals surface area contributed by atoms with Crippen LogP contribution in [0.3, 0.4) is 0 Å². The van der Waals surface area contributed by atoms with Crippen LogP contribution in [0, 0.1) is 11.8 Å². The molecule has 0 aromatic heterocycles. The second-order valence-corrected chi connectivity index (χ2v) is 8.00. The van der Waals surface area contributed by atoms with Gasteiger partial charge in [-0.25, -0.2) is 0 Å². The van der Waals surface area contributed by atoms with Crippen LogP contribution < -0.4 is 10.2 Å². The molecule has 1 N–H and O–H groups in total. The van der Waals surface area contributed by atoms with Crippen molar-refractivity contribution in [3.8, 4) is 0 Å². The molecule has 2 heterocycles. The summed E-state index contributed by atoms with van der Waals surface area (Å²) < 4.78 is 4.93. The molecule has 2 fully saturated rings. The largest absolute Gasteiger partial charge is 0.469 e. The highest BCUT2D eigenvalue weighted by molar-refractivity contribution is 14.0. The highest BCUT2D eigenvalue weighted by Gasteiger charge is 2.36. The molecule has 2 aliphatic heterocycles. The average Bonchev–Trinajstić information content (AvgIpc) is 3.15. The van der Waals surface area contributed by atoms with Crippen molar-refractivity contribution in [3.05, 3.63) is 30.3 Å². The lowest BCUT2D eigenvalue weighted by Crippen LogP contribution is -2.47. The van der Waals surface area contributed by atoms with Gasteiger partial charge in [-0.1, -0.05) is 25.1 Å². The summed E-state index contributed by atoms with van der Waals surface area (Å²) in [6, 6.07) is 10.7. The average molecular weight is 529 g/mol. The van der Waals surface area contributed by atoms with E-state index in [1.807, 2.05) is 0 Å². The number of carbonyl (C=O) groups is 1. The van der Waals surface area contributed by atoms with Crippen LogP contribution in [0.5, 0.6) is 0 Å². The Hall–Kier alpha value is -1.55. The number of halogens is 1. The zero-order valence-corrected chi connectivity index (χ0v) is 20.7. The van der Waals surface area contributed by atoms with Crippen molar-refractivity contribution in [1.29, 1.82) is 0 Å². The number of anilines is 1. The predicted molar refractivity (Wildman–Crippen MR) is 133 cm³/mol. The number of piperazine rings is 1. The highest BCUT2D eigenvalue weighted by atomic mass is 127. The molecule has 3 rings (SSSR count). The zero-order chi connectivity index (χ0) is 20.6. The Bertz CT molecular complexity index is 679. The summed E-state index contributed by atoms with van der Waals surface area (Å²) in [4.78, 5) is 23.5. The van der Waals surface area contributed by atoms with Crippen LogP contribution in [-0.2, 0) is 9.53 Å². The fraction of sp³-hybridized carbons (Fsp3) is 0.636. The molecular formula is C22H36IN5O2. The highest BCUT2D eigenvalue weighted by Crippen LogP contribution is 2.24. The second kappa shape index (κ2) is 12.3. The Balaban J connectivity index is 0.00000320. The molecule has 2 aliphatic rings. The third-order valence-corrected chi connectivity index (χ3v) is 6.06. The van der Waals surface area contributed by atoms with Gasteiger partial charge in [-0.05, 0) is 31.0 Å². The SMILES string of the molecule is CN=C(NCCCN1CCN(c2ccccc2)CC1)N1CC(C)C(C(=O)OC)C1.I. The van der Waals surface area contributed by atoms with E-state index in [1.54, 1.807) is 7.05 Å². The topological polar surface area (TPSA) is 60.4 Å². The van der Waals surface area contributed by atoms with E-state index in [-0.39, 0.29) is 41.8 Å². The first-order valence-corrected chi connectivity index (χ1v) is 10.7. The number of guanidine groups is 1. The Labute approximate surface area is 197 Å². The van der Waals surface area contributed by atoms with Gasteiger partial charge in [0.05, 0.1) is 13.0 Å². The molecule has 0 saturated carbocycles. The molecule has 2 saturated heterocycles. The van der Waals surface area contributed by atoms with Crippen LogP contribution in [-0.4, -0.2) is 88.2 Å². The minimum Gasteiger partial charge on any atom is -0.469 e. The first-order chi connectivity index (χ1) is 14.1. The van der Waals surface area contributed by atoms with Crippen LogP contribution in [0.4, 0.5) is 5.69 Å². The number of nitrogens with one attached hydrogen (secondary N) is 1. The molecule has 2 unspecified atom stereocenters. The number of para-hydroxylation sites is 1. The van der Waals surface area contributed by atoms with Crippen molar-refractivity contribution in [2.24, 2.45) is 16.8 Å². The van der Waals surface area contributed by atoms with Crippen LogP contribution in [0.1, 0.15) is 13.3 Å². The van der Waals surface area contributed by atoms with Crippen molar-refractivity contribution in [2.75, 3.05) is 71.4 Å². The van der Waals surface area contributed by atoms with Crippen LogP contribution in [0.2, 0.25) is 0 Å². The lowest BCUT2D eigenvalue weighted by molar-refractivity contribution is -0.145. The number of methoxy groups -OCH3 is 1. The first kappa shape index (κ1) is 24.7. The van der Waals surface area contributed by atoms with Crippen molar-refractivity contribution in [1.82, 2.24) is 15.1 Å². The number of rotatable bonds is 6. The Morgan fingerprint density at radius 3 is 2.50 bits per heavy atom. The van der Waals surface area contributed by atoms with E-state index in [0.29, 0.717) is 6.54 Å². The van der Waals surface area contributed by atoms with Gasteiger partial charge in [-0.3, -0.25) is 14.7 Å². The van der Waals surface area contributed by atoms with Gasteiger partial charge in [0.2, 0.25) is 0 Å². The lowest BCUT2D eigenvalue weighted by atomic mass is 9.99. The quantitative estimate of drug-likeness (QED) is 0.201. The number of likely N-dealkylation sites (tertiary alicyclic amines) is 1. The zero-order valence-electron chi connectivity index (χ0n) is 18.4. The fourth-order valence-electron chi connectivity index (χ4n) is 4.30. The normalized spacial score (nSPS) is 22.6. The molecule has 2 atom stereocenters. The van der Waals surface area contributed by atoms with Crippen molar-refractivity contribution < 1.29 is 9.53 Å². The number of hydrogen-bond acceptors (Lipinski definition) is 5. The molecule has 168 valence electrons. The van der Waals surface area contributed by atoms with Gasteiger partial charge in [0.15, 0.2) is 5.96 Å². The fourth-order valence-corrected chi connectivity index (χ4v) is 4.30. The monoisotopic (exact) mass is 529 g/mol. The maximum atomic E-state index is 11.9. The first-order valence-electron chi connectivity index (χ1n) is 10.7. The summed E-state index contributed by atoms with van der Waals surface area (Å²) in [7, 11) is 3.27. The van der Waals surface area contributed by atoms with Gasteiger partial charge in [0.25, 0.3) is 0 Å². The van der Waals surface area contributed by atoms with E-state index in [1.165, 1.54) is 12.8 Å². The van der Waals surface area contributed by atoms with Gasteiger partial charge < -0.3 is 19.9 Å². The maximum absolute atomic E-state index is 11.9. The standard InChI is InChI=1S/C22H35N5O2.HI/c1-18-16-27(17-20(18)21(28)29-3)22(23-2)24-10-7-11-25-12-14-26(15-13-25)19-8-5-4-6-9-19;/h4-6,8-9,18,20H,7,10-17H2,1-3H3,(H,23,24);1H. The number of hydrogen-bond donors (Lipinski definition) is 1. The molecule has 0 bridgehead atoms. The van der Waals surface area contributed by atoms with E-state index in [9.17, 15) is 4.79 Å². The summed E-state index contributed by atoms with van der Waals surface area (Å²) in [6.45, 7) is 9.97. The third-order valence-electron chi connectivity index (χ3n) is 6.06. The summed E-state index contributed by atoms with van der Waals surface area (Å²) in [5, 5.41) is 3.47. The van der Waals surface area contributed by atoms with Crippen LogP contribution in [0.25, 0.3) is 0 Å². The van der Waals surface area contributed by atoms with Crippen molar-refractivity contribution in [2.45, 2.75) is 13.3 Å². The lowest BCUT2D eigenvalue weighted by Gasteiger charge is -2.36. The molecule has 7 nitrogen and oxygen atoms in total. The number of ether oxygens (including phenoxy) is 1. The summed E-state index contributed by atoms with van der Waals surface area (Å²) in [5.74, 6) is 0.976.